The molecule has 0 unspecified atom stereocenters. The van der Waals surface area contributed by atoms with Crippen LogP contribution in [0.2, 0.25) is 0 Å². The molecule has 0 aliphatic rings. The molecule has 0 aromatic heterocycles. The minimum Gasteiger partial charge on any atom is -0.331 e. The number of sulfonamides is 1. The normalized spacial score (nSPS) is 11.1. The number of carbonyl (C=O) groups excluding carboxylic acids is 1. The summed E-state index contributed by atoms with van der Waals surface area (Å²) >= 11 is 5.16. The van der Waals surface area contributed by atoms with E-state index in [2.05, 4.69) is 23.1 Å². The molecule has 7 nitrogen and oxygen atoms in total. The van der Waals surface area contributed by atoms with Crippen molar-refractivity contribution in [2.24, 2.45) is 0 Å². The van der Waals surface area contributed by atoms with Crippen LogP contribution in [-0.4, -0.2) is 37.8 Å². The molecule has 0 saturated carbocycles. The largest absolute Gasteiger partial charge is 0.331 e. The van der Waals surface area contributed by atoms with Gasteiger partial charge in [0.15, 0.2) is 5.11 Å². The lowest BCUT2D eigenvalue weighted by Crippen LogP contribution is -2.43. The second kappa shape index (κ2) is 8.94. The fourth-order valence-corrected chi connectivity index (χ4v) is 3.34. The third kappa shape index (κ3) is 5.49. The van der Waals surface area contributed by atoms with E-state index in [1.165, 1.54) is 38.4 Å². The summed E-state index contributed by atoms with van der Waals surface area (Å²) in [5, 5.41) is 3.19. The monoisotopic (exact) mass is 406 g/mol. The molecule has 0 atom stereocenters. The van der Waals surface area contributed by atoms with Crippen LogP contribution in [0.3, 0.4) is 0 Å². The van der Waals surface area contributed by atoms with Gasteiger partial charge in [-0.25, -0.2) is 12.7 Å². The summed E-state index contributed by atoms with van der Waals surface area (Å²) in [7, 11) is -0.753. The first-order valence-corrected chi connectivity index (χ1v) is 10.1. The first kappa shape index (κ1) is 20.8. The van der Waals surface area contributed by atoms with Gasteiger partial charge >= 0.3 is 0 Å². The molecule has 0 bridgehead atoms. The number of aryl methyl sites for hydroxylation is 1. The Morgan fingerprint density at radius 2 is 1.78 bits per heavy atom. The summed E-state index contributed by atoms with van der Waals surface area (Å²) in [6.07, 6.45) is 0.901. The van der Waals surface area contributed by atoms with E-state index in [9.17, 15) is 13.2 Å². The Hall–Kier alpha value is -2.49. The van der Waals surface area contributed by atoms with Gasteiger partial charge in [-0.1, -0.05) is 25.1 Å². The number of hydrazine groups is 1. The van der Waals surface area contributed by atoms with Gasteiger partial charge in [0.25, 0.3) is 5.91 Å². The van der Waals surface area contributed by atoms with Crippen molar-refractivity contribution in [1.29, 1.82) is 0 Å². The van der Waals surface area contributed by atoms with E-state index in [1.54, 1.807) is 0 Å². The molecule has 0 aliphatic heterocycles. The van der Waals surface area contributed by atoms with Gasteiger partial charge in [-0.15, -0.1) is 0 Å². The van der Waals surface area contributed by atoms with Gasteiger partial charge in [0, 0.05) is 25.3 Å². The predicted molar refractivity (Wildman–Crippen MR) is 110 cm³/mol. The molecule has 27 heavy (non-hydrogen) atoms. The molecular weight excluding hydrogens is 384 g/mol. The van der Waals surface area contributed by atoms with Gasteiger partial charge in [0.1, 0.15) is 0 Å². The Morgan fingerprint density at radius 3 is 2.44 bits per heavy atom. The molecule has 0 aliphatic carbocycles. The molecule has 2 aromatic rings. The molecule has 144 valence electrons. The number of hydrogen-bond acceptors (Lipinski definition) is 4. The maximum atomic E-state index is 12.3. The second-order valence-corrected chi connectivity index (χ2v) is 8.46. The van der Waals surface area contributed by atoms with E-state index < -0.39 is 15.9 Å². The highest BCUT2D eigenvalue weighted by molar-refractivity contribution is 7.89. The molecule has 9 heteroatoms. The van der Waals surface area contributed by atoms with Crippen LogP contribution in [0.1, 0.15) is 22.8 Å². The average molecular weight is 407 g/mol. The zero-order chi connectivity index (χ0) is 20.0. The van der Waals surface area contributed by atoms with Crippen molar-refractivity contribution in [3.8, 4) is 0 Å². The SMILES string of the molecule is CCc1cccc(NC(=S)NNC(=O)c2cccc(S(=O)(=O)N(C)C)c2)c1. The number of amides is 1. The standard InChI is InChI=1S/C18H22N4O3S2/c1-4-13-7-5-9-15(11-13)19-18(26)21-20-17(23)14-8-6-10-16(12-14)27(24,25)22(2)3/h5-12H,4H2,1-3H3,(H,20,23)(H2,19,21,26). The number of rotatable bonds is 5. The van der Waals surface area contributed by atoms with E-state index >= 15 is 0 Å². The van der Waals surface area contributed by atoms with Crippen LogP contribution >= 0.6 is 12.2 Å². The van der Waals surface area contributed by atoms with Crippen molar-refractivity contribution in [1.82, 2.24) is 15.2 Å². The van der Waals surface area contributed by atoms with Crippen LogP contribution in [0, 0.1) is 0 Å². The average Bonchev–Trinajstić information content (AvgIpc) is 2.66. The summed E-state index contributed by atoms with van der Waals surface area (Å²) in [6.45, 7) is 2.06. The highest BCUT2D eigenvalue weighted by atomic mass is 32.2. The van der Waals surface area contributed by atoms with E-state index in [1.807, 2.05) is 24.3 Å². The third-order valence-corrected chi connectivity index (χ3v) is 5.77. The van der Waals surface area contributed by atoms with E-state index in [0.29, 0.717) is 0 Å². The number of benzene rings is 2. The Bertz CT molecular complexity index is 943. The fraction of sp³-hybridized carbons (Fsp3) is 0.222. The van der Waals surface area contributed by atoms with Crippen LogP contribution in [0.25, 0.3) is 0 Å². The fourth-order valence-electron chi connectivity index (χ4n) is 2.23. The van der Waals surface area contributed by atoms with Gasteiger partial charge in [-0.2, -0.15) is 0 Å². The Labute approximate surface area is 164 Å². The van der Waals surface area contributed by atoms with Crippen molar-refractivity contribution in [2.45, 2.75) is 18.2 Å². The molecule has 0 spiro atoms. The first-order chi connectivity index (χ1) is 12.7. The van der Waals surface area contributed by atoms with E-state index in [-0.39, 0.29) is 15.6 Å². The minimum atomic E-state index is -3.62. The molecule has 1 amide bonds. The predicted octanol–water partition coefficient (Wildman–Crippen LogP) is 2.13. The molecule has 0 saturated heterocycles. The maximum absolute atomic E-state index is 12.3. The maximum Gasteiger partial charge on any atom is 0.269 e. The van der Waals surface area contributed by atoms with Crippen LogP contribution in [0.4, 0.5) is 5.69 Å². The highest BCUT2D eigenvalue weighted by Crippen LogP contribution is 2.15. The van der Waals surface area contributed by atoms with Gasteiger partial charge in [-0.3, -0.25) is 15.6 Å². The summed E-state index contributed by atoms with van der Waals surface area (Å²) in [5.41, 5.74) is 7.22. The Morgan fingerprint density at radius 1 is 1.07 bits per heavy atom. The highest BCUT2D eigenvalue weighted by Gasteiger charge is 2.18. The van der Waals surface area contributed by atoms with Gasteiger partial charge in [0.2, 0.25) is 10.0 Å². The van der Waals surface area contributed by atoms with E-state index in [4.69, 9.17) is 12.2 Å². The summed E-state index contributed by atoms with van der Waals surface area (Å²) in [6, 6.07) is 13.5. The van der Waals surface area contributed by atoms with E-state index in [0.717, 1.165) is 22.0 Å². The summed E-state index contributed by atoms with van der Waals surface area (Å²) < 4.78 is 25.4. The molecule has 0 heterocycles. The number of thiocarbonyl (C=S) groups is 1. The lowest BCUT2D eigenvalue weighted by atomic mass is 10.1. The van der Waals surface area contributed by atoms with Gasteiger partial charge in [-0.05, 0) is 54.5 Å². The van der Waals surface area contributed by atoms with Crippen molar-refractivity contribution in [3.05, 3.63) is 59.7 Å². The zero-order valence-corrected chi connectivity index (χ0v) is 16.9. The third-order valence-electron chi connectivity index (χ3n) is 3.76. The lowest BCUT2D eigenvalue weighted by molar-refractivity contribution is 0.0944. The number of carbonyl (C=O) groups is 1. The lowest BCUT2D eigenvalue weighted by Gasteiger charge is -2.14. The second-order valence-electron chi connectivity index (χ2n) is 5.90. The van der Waals surface area contributed by atoms with Crippen LogP contribution in [-0.2, 0) is 16.4 Å². The van der Waals surface area contributed by atoms with Gasteiger partial charge in [0.05, 0.1) is 4.90 Å². The smallest absolute Gasteiger partial charge is 0.269 e. The van der Waals surface area contributed by atoms with Crippen LogP contribution in [0.5, 0.6) is 0 Å². The van der Waals surface area contributed by atoms with Gasteiger partial charge < -0.3 is 5.32 Å². The van der Waals surface area contributed by atoms with Crippen LogP contribution < -0.4 is 16.2 Å². The molecule has 2 rings (SSSR count). The topological polar surface area (TPSA) is 90.5 Å². The molecule has 0 radical (unpaired) electrons. The summed E-state index contributed by atoms with van der Waals surface area (Å²) in [5.74, 6) is -0.503. The summed E-state index contributed by atoms with van der Waals surface area (Å²) in [4.78, 5) is 12.3. The van der Waals surface area contributed by atoms with Crippen molar-refractivity contribution < 1.29 is 13.2 Å². The molecule has 2 aromatic carbocycles. The Kier molecular flexibility index (Phi) is 6.89. The van der Waals surface area contributed by atoms with Crippen molar-refractivity contribution in [2.75, 3.05) is 19.4 Å². The molecular formula is C18H22N4O3S2. The zero-order valence-electron chi connectivity index (χ0n) is 15.3. The van der Waals surface area contributed by atoms with Crippen molar-refractivity contribution >= 4 is 38.9 Å². The number of hydrogen-bond donors (Lipinski definition) is 3. The molecule has 3 N–H and O–H groups in total. The van der Waals surface area contributed by atoms with Crippen molar-refractivity contribution in [3.63, 3.8) is 0 Å². The number of nitrogens with zero attached hydrogens (tertiary/aromatic N) is 1. The first-order valence-electron chi connectivity index (χ1n) is 8.23. The number of anilines is 1. The Balaban J connectivity index is 2.00. The number of nitrogens with one attached hydrogen (secondary N) is 3. The van der Waals surface area contributed by atoms with Crippen LogP contribution in [0.15, 0.2) is 53.4 Å². The molecule has 0 fully saturated rings. The quantitative estimate of drug-likeness (QED) is 0.521. The minimum absolute atomic E-state index is 0.0391.